The van der Waals surface area contributed by atoms with Gasteiger partial charge in [-0.2, -0.15) is 0 Å². The minimum Gasteiger partial charge on any atom is -0.495 e. The highest BCUT2D eigenvalue weighted by molar-refractivity contribution is 7.92. The fraction of sp³-hybridized carbons (Fsp3) is 0.240. The van der Waals surface area contributed by atoms with Gasteiger partial charge >= 0.3 is 0 Å². The highest BCUT2D eigenvalue weighted by Crippen LogP contribution is 2.38. The quantitative estimate of drug-likeness (QED) is 0.329. The van der Waals surface area contributed by atoms with E-state index >= 15 is 0 Å². The van der Waals surface area contributed by atoms with Gasteiger partial charge in [0.2, 0.25) is 0 Å². The number of thiazole rings is 1. The van der Waals surface area contributed by atoms with Crippen molar-refractivity contribution in [1.82, 2.24) is 15.0 Å². The molecule has 10 heteroatoms. The van der Waals surface area contributed by atoms with Gasteiger partial charge < -0.3 is 10.1 Å². The Balaban J connectivity index is 1.68. The summed E-state index contributed by atoms with van der Waals surface area (Å²) in [5, 5.41) is 4.23. The molecule has 0 radical (unpaired) electrons. The molecule has 0 unspecified atom stereocenters. The van der Waals surface area contributed by atoms with E-state index in [1.54, 1.807) is 49.9 Å². The molecule has 1 aromatic carbocycles. The number of nitrogens with zero attached hydrogens (tertiary/aromatic N) is 3. The number of pyridine rings is 2. The van der Waals surface area contributed by atoms with Gasteiger partial charge in [-0.15, -0.1) is 0 Å². The van der Waals surface area contributed by atoms with Gasteiger partial charge in [0.1, 0.15) is 10.6 Å². The number of anilines is 2. The van der Waals surface area contributed by atoms with Crippen LogP contribution in [0, 0.1) is 13.8 Å². The Hall–Kier alpha value is -3.50. The molecule has 2 N–H and O–H groups in total. The number of nitrogens with one attached hydrogen (secondary N) is 2. The Labute approximate surface area is 209 Å². The molecular weight excluding hydrogens is 482 g/mol. The van der Waals surface area contributed by atoms with Crippen LogP contribution in [0.2, 0.25) is 0 Å². The summed E-state index contributed by atoms with van der Waals surface area (Å²) >= 11 is 1.47. The summed E-state index contributed by atoms with van der Waals surface area (Å²) in [6.07, 6.45) is 6.67. The molecule has 0 fully saturated rings. The second-order valence-corrected chi connectivity index (χ2v) is 11.2. The van der Waals surface area contributed by atoms with Gasteiger partial charge in [0.05, 0.1) is 28.9 Å². The Morgan fingerprint density at radius 3 is 2.40 bits per heavy atom. The summed E-state index contributed by atoms with van der Waals surface area (Å²) in [7, 11) is -2.47. The van der Waals surface area contributed by atoms with Crippen molar-refractivity contribution >= 4 is 32.2 Å². The lowest BCUT2D eigenvalue weighted by atomic mass is 9.96. The maximum atomic E-state index is 13.3. The Morgan fingerprint density at radius 2 is 1.71 bits per heavy atom. The number of sulfonamides is 1. The second-order valence-electron chi connectivity index (χ2n) is 8.58. The number of ether oxygens (including phenoxy) is 1. The molecule has 35 heavy (non-hydrogen) atoms. The number of hydrogen-bond acceptors (Lipinski definition) is 8. The number of benzene rings is 1. The minimum absolute atomic E-state index is 0.0492. The topological polar surface area (TPSA) is 106 Å². The van der Waals surface area contributed by atoms with Crippen molar-refractivity contribution in [1.29, 1.82) is 0 Å². The summed E-state index contributed by atoms with van der Waals surface area (Å²) in [5.41, 5.74) is 3.43. The molecule has 0 spiro atoms. The van der Waals surface area contributed by atoms with Crippen LogP contribution in [0.15, 0.2) is 66.1 Å². The lowest BCUT2D eigenvalue weighted by Crippen LogP contribution is -2.27. The number of hydrogen-bond donors (Lipinski definition) is 2. The fourth-order valence-electron chi connectivity index (χ4n) is 3.64. The van der Waals surface area contributed by atoms with Crippen molar-refractivity contribution in [3.63, 3.8) is 0 Å². The van der Waals surface area contributed by atoms with Crippen LogP contribution in [0.1, 0.15) is 30.7 Å². The predicted octanol–water partition coefficient (Wildman–Crippen LogP) is 5.37. The van der Waals surface area contributed by atoms with Crippen LogP contribution in [-0.2, 0) is 15.6 Å². The highest BCUT2D eigenvalue weighted by Gasteiger charge is 2.25. The third-order valence-corrected chi connectivity index (χ3v) is 8.11. The van der Waals surface area contributed by atoms with Gasteiger partial charge in [-0.3, -0.25) is 14.7 Å². The molecule has 0 bridgehead atoms. The lowest BCUT2D eigenvalue weighted by Gasteiger charge is -2.26. The maximum Gasteiger partial charge on any atom is 0.265 e. The first-order valence-electron chi connectivity index (χ1n) is 10.9. The molecule has 0 aliphatic heterocycles. The first-order valence-corrected chi connectivity index (χ1v) is 13.2. The van der Waals surface area contributed by atoms with E-state index in [9.17, 15) is 8.42 Å². The standard InChI is InChI=1S/C25H27N5O3S2/c1-16-15-27-13-10-20(16)30-35(31,32)22-14-18(6-7-21(22)33-5)23-17(2)28-24(34-23)29-25(3,4)19-8-11-26-12-9-19/h6-15H,1-5H3,(H,27,30)(H,28,29). The van der Waals surface area contributed by atoms with Crippen LogP contribution >= 0.6 is 11.3 Å². The normalized spacial score (nSPS) is 11.8. The molecule has 3 heterocycles. The molecule has 0 amide bonds. The van der Waals surface area contributed by atoms with E-state index in [2.05, 4.69) is 33.9 Å². The molecule has 8 nitrogen and oxygen atoms in total. The van der Waals surface area contributed by atoms with E-state index < -0.39 is 10.0 Å². The Morgan fingerprint density at radius 1 is 1.00 bits per heavy atom. The van der Waals surface area contributed by atoms with Crippen LogP contribution in [0.3, 0.4) is 0 Å². The number of rotatable bonds is 8. The van der Waals surface area contributed by atoms with Crippen LogP contribution in [0.5, 0.6) is 5.75 Å². The van der Waals surface area contributed by atoms with E-state index in [0.29, 0.717) is 5.69 Å². The first kappa shape index (κ1) is 24.6. The molecule has 0 atom stereocenters. The molecule has 4 rings (SSSR count). The van der Waals surface area contributed by atoms with Crippen LogP contribution in [0.4, 0.5) is 10.8 Å². The zero-order valence-electron chi connectivity index (χ0n) is 20.2. The van der Waals surface area contributed by atoms with Crippen molar-refractivity contribution in [2.24, 2.45) is 0 Å². The average Bonchev–Trinajstić information content (AvgIpc) is 3.19. The molecule has 0 saturated carbocycles. The summed E-state index contributed by atoms with van der Waals surface area (Å²) in [5.74, 6) is 0.257. The van der Waals surface area contributed by atoms with Gasteiger partial charge in [0, 0.05) is 24.8 Å². The average molecular weight is 510 g/mol. The summed E-state index contributed by atoms with van der Waals surface area (Å²) in [6.45, 7) is 7.85. The Kier molecular flexibility index (Phi) is 6.77. The summed E-state index contributed by atoms with van der Waals surface area (Å²) in [4.78, 5) is 13.7. The molecule has 3 aromatic heterocycles. The highest BCUT2D eigenvalue weighted by atomic mass is 32.2. The van der Waals surface area contributed by atoms with Crippen LogP contribution < -0.4 is 14.8 Å². The SMILES string of the molecule is COc1ccc(-c2sc(NC(C)(C)c3ccncc3)nc2C)cc1S(=O)(=O)Nc1ccncc1C. The van der Waals surface area contributed by atoms with E-state index in [0.717, 1.165) is 32.4 Å². The number of aryl methyl sites for hydroxylation is 2. The summed E-state index contributed by atoms with van der Waals surface area (Å²) < 4.78 is 34.6. The van der Waals surface area contributed by atoms with Gasteiger partial charge in [-0.05, 0) is 80.8 Å². The van der Waals surface area contributed by atoms with Crippen LogP contribution in [0.25, 0.3) is 10.4 Å². The smallest absolute Gasteiger partial charge is 0.265 e. The summed E-state index contributed by atoms with van der Waals surface area (Å²) in [6, 6.07) is 10.7. The maximum absolute atomic E-state index is 13.3. The second kappa shape index (κ2) is 9.63. The molecule has 182 valence electrons. The largest absolute Gasteiger partial charge is 0.495 e. The van der Waals surface area contributed by atoms with E-state index in [1.165, 1.54) is 18.4 Å². The monoisotopic (exact) mass is 509 g/mol. The Bertz CT molecular complexity index is 1450. The molecule has 4 aromatic rings. The van der Waals surface area contributed by atoms with Crippen molar-refractivity contribution in [2.75, 3.05) is 17.1 Å². The van der Waals surface area contributed by atoms with Gasteiger partial charge in [-0.1, -0.05) is 11.3 Å². The van der Waals surface area contributed by atoms with E-state index in [-0.39, 0.29) is 16.2 Å². The van der Waals surface area contributed by atoms with Crippen molar-refractivity contribution in [2.45, 2.75) is 38.1 Å². The van der Waals surface area contributed by atoms with Crippen LogP contribution in [-0.4, -0.2) is 30.5 Å². The van der Waals surface area contributed by atoms with Gasteiger partial charge in [0.25, 0.3) is 10.0 Å². The molecule has 0 aliphatic carbocycles. The number of aromatic nitrogens is 3. The van der Waals surface area contributed by atoms with Crippen molar-refractivity contribution in [3.8, 4) is 16.2 Å². The fourth-order valence-corrected chi connectivity index (χ4v) is 6.09. The van der Waals surface area contributed by atoms with Gasteiger partial charge in [-0.25, -0.2) is 13.4 Å². The third-order valence-electron chi connectivity index (χ3n) is 5.60. The zero-order valence-corrected chi connectivity index (χ0v) is 21.8. The molecule has 0 saturated heterocycles. The first-order chi connectivity index (χ1) is 16.6. The minimum atomic E-state index is -3.92. The lowest BCUT2D eigenvalue weighted by molar-refractivity contribution is 0.403. The zero-order chi connectivity index (χ0) is 25.2. The molecular formula is C25H27N5O3S2. The number of methoxy groups -OCH3 is 1. The van der Waals surface area contributed by atoms with Crippen molar-refractivity contribution in [3.05, 3.63) is 78.0 Å². The van der Waals surface area contributed by atoms with E-state index in [4.69, 9.17) is 9.72 Å². The van der Waals surface area contributed by atoms with Gasteiger partial charge in [0.15, 0.2) is 5.13 Å². The van der Waals surface area contributed by atoms with Crippen molar-refractivity contribution < 1.29 is 13.2 Å². The van der Waals surface area contributed by atoms with E-state index in [1.807, 2.05) is 25.1 Å². The molecule has 0 aliphatic rings. The third kappa shape index (κ3) is 5.28. The predicted molar refractivity (Wildman–Crippen MR) is 140 cm³/mol.